The van der Waals surface area contributed by atoms with Gasteiger partial charge in [0.1, 0.15) is 11.6 Å². The van der Waals surface area contributed by atoms with Gasteiger partial charge in [0.2, 0.25) is 0 Å². The molecule has 0 atom stereocenters. The molecule has 2 aromatic rings. The maximum Gasteiger partial charge on any atom is 0.328 e. The molecule has 21 heavy (non-hydrogen) atoms. The average Bonchev–Trinajstić information content (AvgIpc) is 2.88. The second kappa shape index (κ2) is 6.30. The summed E-state index contributed by atoms with van der Waals surface area (Å²) in [6.07, 6.45) is 3.70. The third-order valence-electron chi connectivity index (χ3n) is 2.97. The minimum atomic E-state index is -1.09. The number of carbonyl (C=O) groups is 1. The SMILES string of the molecule is CCc1nc(CC)n(-c2ccc(F)cc2C=CC(=O)O)n1. The number of carboxylic acid groups (broad SMARTS) is 1. The Morgan fingerprint density at radius 3 is 2.76 bits per heavy atom. The van der Waals surface area contributed by atoms with Gasteiger partial charge in [0.25, 0.3) is 0 Å². The predicted octanol–water partition coefficient (Wildman–Crippen LogP) is 2.63. The summed E-state index contributed by atoms with van der Waals surface area (Å²) in [5, 5.41) is 13.1. The molecule has 110 valence electrons. The molecule has 0 amide bonds. The molecule has 0 saturated carbocycles. The molecule has 0 radical (unpaired) electrons. The van der Waals surface area contributed by atoms with Gasteiger partial charge >= 0.3 is 5.97 Å². The van der Waals surface area contributed by atoms with Crippen LogP contribution in [0.25, 0.3) is 11.8 Å². The zero-order chi connectivity index (χ0) is 15.4. The van der Waals surface area contributed by atoms with Gasteiger partial charge in [-0.15, -0.1) is 0 Å². The highest BCUT2D eigenvalue weighted by atomic mass is 19.1. The highest BCUT2D eigenvalue weighted by molar-refractivity contribution is 5.86. The van der Waals surface area contributed by atoms with Crippen LogP contribution in [0.3, 0.4) is 0 Å². The number of rotatable bonds is 5. The molecule has 1 heterocycles. The third-order valence-corrected chi connectivity index (χ3v) is 2.97. The van der Waals surface area contributed by atoms with Crippen molar-refractivity contribution in [3.63, 3.8) is 0 Å². The first kappa shape index (κ1) is 14.9. The Bertz CT molecular complexity index is 692. The van der Waals surface area contributed by atoms with Crippen LogP contribution in [0.4, 0.5) is 4.39 Å². The Labute approximate surface area is 121 Å². The Morgan fingerprint density at radius 1 is 1.38 bits per heavy atom. The fraction of sp³-hybridized carbons (Fsp3) is 0.267. The molecule has 2 rings (SSSR count). The average molecular weight is 289 g/mol. The van der Waals surface area contributed by atoms with E-state index in [2.05, 4.69) is 10.1 Å². The highest BCUT2D eigenvalue weighted by Crippen LogP contribution is 2.19. The summed E-state index contributed by atoms with van der Waals surface area (Å²) < 4.78 is 15.1. The van der Waals surface area contributed by atoms with Crippen LogP contribution in [0.15, 0.2) is 24.3 Å². The number of aromatic nitrogens is 3. The minimum Gasteiger partial charge on any atom is -0.478 e. The lowest BCUT2D eigenvalue weighted by atomic mass is 10.1. The molecule has 0 saturated heterocycles. The summed E-state index contributed by atoms with van der Waals surface area (Å²) in [5.41, 5.74) is 1.05. The first-order chi connectivity index (χ1) is 10.0. The van der Waals surface area contributed by atoms with Crippen LogP contribution < -0.4 is 0 Å². The van der Waals surface area contributed by atoms with Crippen LogP contribution in [0, 0.1) is 5.82 Å². The van der Waals surface area contributed by atoms with Crippen molar-refractivity contribution < 1.29 is 14.3 Å². The molecule has 1 aromatic heterocycles. The lowest BCUT2D eigenvalue weighted by molar-refractivity contribution is -0.131. The van der Waals surface area contributed by atoms with Gasteiger partial charge in [0.15, 0.2) is 5.82 Å². The van der Waals surface area contributed by atoms with Gasteiger partial charge < -0.3 is 5.11 Å². The quantitative estimate of drug-likeness (QED) is 0.859. The van der Waals surface area contributed by atoms with E-state index in [1.165, 1.54) is 18.2 Å². The van der Waals surface area contributed by atoms with Crippen molar-refractivity contribution in [2.75, 3.05) is 0 Å². The number of aryl methyl sites for hydroxylation is 2. The maximum atomic E-state index is 13.4. The Kier molecular flexibility index (Phi) is 4.47. The van der Waals surface area contributed by atoms with E-state index in [1.54, 1.807) is 10.7 Å². The van der Waals surface area contributed by atoms with Crippen molar-refractivity contribution in [2.45, 2.75) is 26.7 Å². The standard InChI is InChI=1S/C15H16FN3O2/c1-3-13-17-14(4-2)19(18-13)12-7-6-11(16)9-10(12)5-8-15(20)21/h5-9H,3-4H2,1-2H3,(H,20,21). The number of nitrogens with zero attached hydrogens (tertiary/aromatic N) is 3. The molecule has 0 aliphatic heterocycles. The monoisotopic (exact) mass is 289 g/mol. The highest BCUT2D eigenvalue weighted by Gasteiger charge is 2.12. The Morgan fingerprint density at radius 2 is 2.14 bits per heavy atom. The van der Waals surface area contributed by atoms with Crippen molar-refractivity contribution in [1.82, 2.24) is 14.8 Å². The predicted molar refractivity (Wildman–Crippen MR) is 76.7 cm³/mol. The number of benzene rings is 1. The fourth-order valence-corrected chi connectivity index (χ4v) is 1.98. The van der Waals surface area contributed by atoms with Crippen LogP contribution in [0.1, 0.15) is 31.1 Å². The summed E-state index contributed by atoms with van der Waals surface area (Å²) in [4.78, 5) is 15.1. The first-order valence-corrected chi connectivity index (χ1v) is 6.70. The minimum absolute atomic E-state index is 0.433. The molecule has 0 aliphatic carbocycles. The molecule has 1 aromatic carbocycles. The van der Waals surface area contributed by atoms with Gasteiger partial charge in [-0.3, -0.25) is 0 Å². The molecule has 0 bridgehead atoms. The first-order valence-electron chi connectivity index (χ1n) is 6.70. The van der Waals surface area contributed by atoms with E-state index >= 15 is 0 Å². The summed E-state index contributed by atoms with van der Waals surface area (Å²) >= 11 is 0. The number of hydrogen-bond acceptors (Lipinski definition) is 3. The van der Waals surface area contributed by atoms with Gasteiger partial charge in [-0.2, -0.15) is 5.10 Å². The molecular weight excluding hydrogens is 273 g/mol. The van der Waals surface area contributed by atoms with Crippen molar-refractivity contribution in [3.05, 3.63) is 47.3 Å². The van der Waals surface area contributed by atoms with Gasteiger partial charge in [0.05, 0.1) is 5.69 Å². The zero-order valence-electron chi connectivity index (χ0n) is 11.9. The lowest BCUT2D eigenvalue weighted by Gasteiger charge is -2.08. The second-order valence-corrected chi connectivity index (χ2v) is 4.44. The summed E-state index contributed by atoms with van der Waals surface area (Å²) in [7, 11) is 0. The van der Waals surface area contributed by atoms with Crippen molar-refractivity contribution in [3.8, 4) is 5.69 Å². The van der Waals surface area contributed by atoms with Gasteiger partial charge in [-0.05, 0) is 24.3 Å². The smallest absolute Gasteiger partial charge is 0.328 e. The lowest BCUT2D eigenvalue weighted by Crippen LogP contribution is -2.04. The van der Waals surface area contributed by atoms with Gasteiger partial charge in [-0.1, -0.05) is 13.8 Å². The van der Waals surface area contributed by atoms with E-state index in [0.29, 0.717) is 29.9 Å². The number of hydrogen-bond donors (Lipinski definition) is 1. The fourth-order valence-electron chi connectivity index (χ4n) is 1.98. The summed E-state index contributed by atoms with van der Waals surface area (Å²) in [6, 6.07) is 4.17. The number of carboxylic acids is 1. The zero-order valence-corrected chi connectivity index (χ0v) is 11.9. The van der Waals surface area contributed by atoms with E-state index in [1.807, 2.05) is 13.8 Å². The van der Waals surface area contributed by atoms with Crippen molar-refractivity contribution in [1.29, 1.82) is 0 Å². The topological polar surface area (TPSA) is 68.0 Å². The molecule has 1 N–H and O–H groups in total. The van der Waals surface area contributed by atoms with Crippen LogP contribution in [-0.2, 0) is 17.6 Å². The summed E-state index contributed by atoms with van der Waals surface area (Å²) in [6.45, 7) is 3.91. The molecular formula is C15H16FN3O2. The van der Waals surface area contributed by atoms with E-state index < -0.39 is 11.8 Å². The summed E-state index contributed by atoms with van der Waals surface area (Å²) in [5.74, 6) is -0.0702. The van der Waals surface area contributed by atoms with Crippen LogP contribution in [0.2, 0.25) is 0 Å². The molecule has 0 aliphatic rings. The van der Waals surface area contributed by atoms with Crippen LogP contribution in [-0.4, -0.2) is 25.8 Å². The maximum absolute atomic E-state index is 13.4. The van der Waals surface area contributed by atoms with E-state index in [0.717, 1.165) is 11.9 Å². The molecule has 6 heteroatoms. The normalized spacial score (nSPS) is 11.2. The number of aliphatic carboxylic acids is 1. The van der Waals surface area contributed by atoms with Crippen LogP contribution in [0.5, 0.6) is 0 Å². The largest absolute Gasteiger partial charge is 0.478 e. The Hall–Kier alpha value is -2.50. The second-order valence-electron chi connectivity index (χ2n) is 4.44. The molecule has 5 nitrogen and oxygen atoms in total. The van der Waals surface area contributed by atoms with Gasteiger partial charge in [0, 0.05) is 24.5 Å². The van der Waals surface area contributed by atoms with Crippen molar-refractivity contribution >= 4 is 12.0 Å². The molecule has 0 fully saturated rings. The third kappa shape index (κ3) is 3.34. The number of halogens is 1. The van der Waals surface area contributed by atoms with Crippen LogP contribution >= 0.6 is 0 Å². The Balaban J connectivity index is 2.57. The van der Waals surface area contributed by atoms with E-state index in [-0.39, 0.29) is 0 Å². The molecule has 0 unspecified atom stereocenters. The van der Waals surface area contributed by atoms with Crippen molar-refractivity contribution in [2.24, 2.45) is 0 Å². The van der Waals surface area contributed by atoms with E-state index in [4.69, 9.17) is 5.11 Å². The van der Waals surface area contributed by atoms with E-state index in [9.17, 15) is 9.18 Å². The van der Waals surface area contributed by atoms with Gasteiger partial charge in [-0.25, -0.2) is 18.9 Å². The molecule has 0 spiro atoms.